The number of rotatable bonds is 14. The minimum atomic E-state index is -0.903. The third kappa shape index (κ3) is 9.51. The van der Waals surface area contributed by atoms with Crippen LogP contribution in [0.1, 0.15) is 97.3 Å². The Hall–Kier alpha value is 0.394. The lowest BCUT2D eigenvalue weighted by Crippen LogP contribution is -2.46. The molecule has 0 unspecified atom stereocenters. The second-order valence-electron chi connectivity index (χ2n) is 7.69. The van der Waals surface area contributed by atoms with Crippen LogP contribution in [0, 0.1) is 0 Å². The summed E-state index contributed by atoms with van der Waals surface area (Å²) >= 11 is 0. The van der Waals surface area contributed by atoms with E-state index in [0.29, 0.717) is 0 Å². The molecule has 1 aliphatic rings. The van der Waals surface area contributed by atoms with Gasteiger partial charge in [0, 0.05) is 6.61 Å². The molecular formula is C19H42OSi2. The van der Waals surface area contributed by atoms with Gasteiger partial charge in [0.2, 0.25) is 0 Å². The van der Waals surface area contributed by atoms with Crippen molar-refractivity contribution in [3.8, 4) is 0 Å². The van der Waals surface area contributed by atoms with Gasteiger partial charge >= 0.3 is 0 Å². The molecule has 0 amide bonds. The molecule has 1 rings (SSSR count). The molecule has 0 aromatic carbocycles. The summed E-state index contributed by atoms with van der Waals surface area (Å²) in [5, 5.41) is 0. The standard InChI is InChI=1S/C19H42OSi2/c1-3-5-7-9-11-13-17-22(19-15-16-20-21-22)18-14-12-10-8-6-4-2/h3-19,21H2,1-2H3. The quantitative estimate of drug-likeness (QED) is 0.271. The fourth-order valence-corrected chi connectivity index (χ4v) is 14.1. The Kier molecular flexibility index (Phi) is 12.8. The van der Waals surface area contributed by atoms with Crippen LogP contribution in [0.4, 0.5) is 0 Å². The van der Waals surface area contributed by atoms with Crippen LogP contribution < -0.4 is 0 Å². The summed E-state index contributed by atoms with van der Waals surface area (Å²) in [6, 6.07) is 4.88. The molecule has 22 heavy (non-hydrogen) atoms. The third-order valence-corrected chi connectivity index (χ3v) is 16.5. The summed E-state index contributed by atoms with van der Waals surface area (Å²) in [7, 11) is -1.04. The van der Waals surface area contributed by atoms with Crippen LogP contribution in [0.2, 0.25) is 18.1 Å². The molecule has 1 nitrogen and oxygen atoms in total. The molecule has 0 spiro atoms. The molecule has 0 atom stereocenters. The first-order valence-electron chi connectivity index (χ1n) is 10.4. The maximum atomic E-state index is 6.08. The van der Waals surface area contributed by atoms with Gasteiger partial charge < -0.3 is 4.43 Å². The van der Waals surface area contributed by atoms with Crippen LogP contribution in [-0.4, -0.2) is 23.5 Å². The zero-order chi connectivity index (χ0) is 15.9. The van der Waals surface area contributed by atoms with E-state index in [4.69, 9.17) is 4.43 Å². The van der Waals surface area contributed by atoms with Crippen LogP contribution in [0.5, 0.6) is 0 Å². The van der Waals surface area contributed by atoms with Gasteiger partial charge in [0.25, 0.3) is 0 Å². The Bertz CT molecular complexity index is 222. The number of hydrogen-bond donors (Lipinski definition) is 0. The van der Waals surface area contributed by atoms with Crippen molar-refractivity contribution in [2.24, 2.45) is 0 Å². The first-order chi connectivity index (χ1) is 10.8. The Morgan fingerprint density at radius 3 is 1.68 bits per heavy atom. The highest BCUT2D eigenvalue weighted by Crippen LogP contribution is 2.30. The molecule has 1 saturated heterocycles. The van der Waals surface area contributed by atoms with E-state index in [1.165, 1.54) is 83.5 Å². The second-order valence-corrected chi connectivity index (χ2v) is 18.3. The molecule has 0 aromatic rings. The van der Waals surface area contributed by atoms with E-state index in [1.807, 2.05) is 0 Å². The topological polar surface area (TPSA) is 9.23 Å². The third-order valence-electron chi connectivity index (χ3n) is 5.53. The van der Waals surface area contributed by atoms with Crippen molar-refractivity contribution in [1.82, 2.24) is 0 Å². The van der Waals surface area contributed by atoms with Crippen LogP contribution in [0.15, 0.2) is 0 Å². The van der Waals surface area contributed by atoms with Gasteiger partial charge in [0.15, 0.2) is 9.28 Å². The van der Waals surface area contributed by atoms with Crippen molar-refractivity contribution in [2.45, 2.75) is 115 Å². The normalized spacial score (nSPS) is 18.8. The first-order valence-corrected chi connectivity index (χ1v) is 15.9. The van der Waals surface area contributed by atoms with Gasteiger partial charge in [-0.1, -0.05) is 109 Å². The molecule has 0 aromatic heterocycles. The largest absolute Gasteiger partial charge is 0.427 e. The van der Waals surface area contributed by atoms with E-state index in [-0.39, 0.29) is 9.28 Å². The van der Waals surface area contributed by atoms with Gasteiger partial charge in [0.1, 0.15) is 0 Å². The van der Waals surface area contributed by atoms with Crippen molar-refractivity contribution >= 4 is 16.9 Å². The molecule has 1 aliphatic heterocycles. The van der Waals surface area contributed by atoms with Gasteiger partial charge in [-0.2, -0.15) is 0 Å². The lowest BCUT2D eigenvalue weighted by Gasteiger charge is -2.35. The summed E-state index contributed by atoms with van der Waals surface area (Å²) in [6.07, 6.45) is 19.0. The summed E-state index contributed by atoms with van der Waals surface area (Å²) in [5.74, 6) is 0. The molecule has 132 valence electrons. The van der Waals surface area contributed by atoms with Crippen molar-refractivity contribution in [3.63, 3.8) is 0 Å². The highest BCUT2D eigenvalue weighted by molar-refractivity contribution is 7.22. The Morgan fingerprint density at radius 1 is 0.727 bits per heavy atom. The molecule has 0 saturated carbocycles. The fraction of sp³-hybridized carbons (Fsp3) is 1.00. The lowest BCUT2D eigenvalue weighted by molar-refractivity contribution is 0.332. The maximum absolute atomic E-state index is 6.08. The van der Waals surface area contributed by atoms with Crippen molar-refractivity contribution in [2.75, 3.05) is 6.61 Å². The molecular weight excluding hydrogens is 300 g/mol. The molecule has 0 N–H and O–H groups in total. The van der Waals surface area contributed by atoms with Crippen molar-refractivity contribution < 1.29 is 4.43 Å². The molecule has 1 heterocycles. The van der Waals surface area contributed by atoms with E-state index in [1.54, 1.807) is 18.1 Å². The smallest absolute Gasteiger partial charge is 0.151 e. The zero-order valence-corrected chi connectivity index (χ0v) is 18.1. The minimum absolute atomic E-state index is 0.133. The molecule has 0 radical (unpaired) electrons. The minimum Gasteiger partial charge on any atom is -0.427 e. The average molecular weight is 343 g/mol. The van der Waals surface area contributed by atoms with Gasteiger partial charge in [-0.15, -0.1) is 0 Å². The van der Waals surface area contributed by atoms with Gasteiger partial charge in [-0.05, 0) is 6.42 Å². The average Bonchev–Trinajstić information content (AvgIpc) is 2.55. The van der Waals surface area contributed by atoms with E-state index < -0.39 is 7.59 Å². The van der Waals surface area contributed by atoms with Gasteiger partial charge in [-0.3, -0.25) is 0 Å². The van der Waals surface area contributed by atoms with Gasteiger partial charge in [0.05, 0.1) is 7.59 Å². The number of unbranched alkanes of at least 4 members (excludes halogenated alkanes) is 10. The Balaban J connectivity index is 2.17. The predicted octanol–water partition coefficient (Wildman–Crippen LogP) is 6.16. The summed E-state index contributed by atoms with van der Waals surface area (Å²) in [6.45, 7) is 5.73. The SMILES string of the molecule is CCCCCCCC[Si]1(CCCCCCCC)CCCO[SiH2]1. The van der Waals surface area contributed by atoms with Crippen LogP contribution in [0.25, 0.3) is 0 Å². The summed E-state index contributed by atoms with van der Waals surface area (Å²) in [4.78, 5) is 0. The Morgan fingerprint density at radius 2 is 1.23 bits per heavy atom. The van der Waals surface area contributed by atoms with E-state index in [0.717, 1.165) is 6.61 Å². The molecule has 1 fully saturated rings. The van der Waals surface area contributed by atoms with Crippen LogP contribution in [0.3, 0.4) is 0 Å². The van der Waals surface area contributed by atoms with E-state index in [2.05, 4.69) is 13.8 Å². The maximum Gasteiger partial charge on any atom is 0.151 e. The van der Waals surface area contributed by atoms with Crippen molar-refractivity contribution in [3.05, 3.63) is 0 Å². The summed E-state index contributed by atoms with van der Waals surface area (Å²) in [5.41, 5.74) is 0. The van der Waals surface area contributed by atoms with Crippen LogP contribution >= 0.6 is 0 Å². The van der Waals surface area contributed by atoms with E-state index >= 15 is 0 Å². The zero-order valence-electron chi connectivity index (χ0n) is 15.6. The highest BCUT2D eigenvalue weighted by Gasteiger charge is 2.34. The number of hydrogen-bond acceptors (Lipinski definition) is 1. The van der Waals surface area contributed by atoms with Gasteiger partial charge in [-0.25, -0.2) is 0 Å². The fourth-order valence-electron chi connectivity index (χ4n) is 3.99. The molecule has 0 bridgehead atoms. The highest BCUT2D eigenvalue weighted by atomic mass is 29.2. The molecule has 0 aliphatic carbocycles. The summed E-state index contributed by atoms with van der Waals surface area (Å²) < 4.78 is 6.08. The lowest BCUT2D eigenvalue weighted by atomic mass is 10.1. The predicted molar refractivity (Wildman–Crippen MR) is 106 cm³/mol. The first kappa shape index (κ1) is 20.4. The van der Waals surface area contributed by atoms with Crippen molar-refractivity contribution in [1.29, 1.82) is 0 Å². The molecule has 3 heteroatoms. The van der Waals surface area contributed by atoms with Crippen LogP contribution in [-0.2, 0) is 4.43 Å². The monoisotopic (exact) mass is 342 g/mol. The van der Waals surface area contributed by atoms with E-state index in [9.17, 15) is 0 Å². The second kappa shape index (κ2) is 13.8. The Labute approximate surface area is 143 Å².